The molecule has 96 valence electrons. The summed E-state index contributed by atoms with van der Waals surface area (Å²) in [5, 5.41) is 11.8. The maximum Gasteiger partial charge on any atom is 0.221 e. The summed E-state index contributed by atoms with van der Waals surface area (Å²) in [6, 6.07) is 12.8. The zero-order chi connectivity index (χ0) is 13.8. The summed E-state index contributed by atoms with van der Waals surface area (Å²) in [5.74, 6) is -0.331. The molecule has 0 spiro atoms. The van der Waals surface area contributed by atoms with E-state index < -0.39 is 0 Å². The zero-order valence-corrected chi connectivity index (χ0v) is 10.4. The summed E-state index contributed by atoms with van der Waals surface area (Å²) < 4.78 is 0. The van der Waals surface area contributed by atoms with Gasteiger partial charge in [0, 0.05) is 18.1 Å². The van der Waals surface area contributed by atoms with E-state index in [0.717, 1.165) is 0 Å². The molecule has 4 nitrogen and oxygen atoms in total. The van der Waals surface area contributed by atoms with E-state index in [4.69, 9.17) is 0 Å². The smallest absolute Gasteiger partial charge is 0.221 e. The van der Waals surface area contributed by atoms with Crippen molar-refractivity contribution >= 4 is 17.4 Å². The van der Waals surface area contributed by atoms with Crippen molar-refractivity contribution in [3.63, 3.8) is 0 Å². The van der Waals surface area contributed by atoms with Gasteiger partial charge in [-0.15, -0.1) is 0 Å². The van der Waals surface area contributed by atoms with Gasteiger partial charge in [0.05, 0.1) is 5.69 Å². The van der Waals surface area contributed by atoms with Crippen LogP contribution in [0.4, 0.5) is 5.69 Å². The van der Waals surface area contributed by atoms with Crippen molar-refractivity contribution in [3.8, 4) is 5.75 Å². The maximum atomic E-state index is 12.3. The number of anilines is 1. The molecule has 0 aliphatic carbocycles. The van der Waals surface area contributed by atoms with Crippen molar-refractivity contribution < 1.29 is 14.7 Å². The van der Waals surface area contributed by atoms with Gasteiger partial charge in [-0.2, -0.15) is 0 Å². The van der Waals surface area contributed by atoms with E-state index in [9.17, 15) is 14.7 Å². The monoisotopic (exact) mass is 255 g/mol. The average molecular weight is 255 g/mol. The van der Waals surface area contributed by atoms with Crippen LogP contribution in [0.5, 0.6) is 5.75 Å². The van der Waals surface area contributed by atoms with Crippen molar-refractivity contribution in [2.75, 3.05) is 5.32 Å². The topological polar surface area (TPSA) is 66.4 Å². The third kappa shape index (κ3) is 2.98. The van der Waals surface area contributed by atoms with Crippen LogP contribution in [0.25, 0.3) is 0 Å². The van der Waals surface area contributed by atoms with Gasteiger partial charge in [-0.1, -0.05) is 12.1 Å². The molecular formula is C15H13NO3. The molecule has 0 aliphatic heterocycles. The maximum absolute atomic E-state index is 12.3. The molecule has 0 saturated carbocycles. The molecule has 19 heavy (non-hydrogen) atoms. The first-order valence-electron chi connectivity index (χ1n) is 5.78. The van der Waals surface area contributed by atoms with Crippen LogP contribution in [0, 0.1) is 0 Å². The summed E-state index contributed by atoms with van der Waals surface area (Å²) in [6.07, 6.45) is 0. The molecule has 0 fully saturated rings. The van der Waals surface area contributed by atoms with Crippen LogP contribution in [-0.4, -0.2) is 16.8 Å². The van der Waals surface area contributed by atoms with Crippen LogP contribution in [0.1, 0.15) is 22.8 Å². The lowest BCUT2D eigenvalue weighted by molar-refractivity contribution is -0.114. The van der Waals surface area contributed by atoms with Crippen molar-refractivity contribution in [2.45, 2.75) is 6.92 Å². The van der Waals surface area contributed by atoms with Crippen LogP contribution in [0.15, 0.2) is 48.5 Å². The number of ketones is 1. The fourth-order valence-electron chi connectivity index (χ4n) is 1.75. The number of rotatable bonds is 3. The number of para-hydroxylation sites is 1. The highest BCUT2D eigenvalue weighted by Gasteiger charge is 2.13. The lowest BCUT2D eigenvalue weighted by Gasteiger charge is -2.08. The Morgan fingerprint density at radius 2 is 1.63 bits per heavy atom. The van der Waals surface area contributed by atoms with Crippen LogP contribution in [0.2, 0.25) is 0 Å². The van der Waals surface area contributed by atoms with Crippen LogP contribution >= 0.6 is 0 Å². The molecule has 2 aromatic carbocycles. The van der Waals surface area contributed by atoms with Crippen molar-refractivity contribution in [3.05, 3.63) is 59.7 Å². The number of phenols is 1. The Morgan fingerprint density at radius 1 is 1.00 bits per heavy atom. The van der Waals surface area contributed by atoms with Gasteiger partial charge in [0.1, 0.15) is 5.75 Å². The predicted molar refractivity (Wildman–Crippen MR) is 72.3 cm³/mol. The highest BCUT2D eigenvalue weighted by Crippen LogP contribution is 2.20. The summed E-state index contributed by atoms with van der Waals surface area (Å²) in [7, 11) is 0. The van der Waals surface area contributed by atoms with Gasteiger partial charge in [-0.25, -0.2) is 0 Å². The molecule has 1 amide bonds. The highest BCUT2D eigenvalue weighted by atomic mass is 16.3. The number of hydrogen-bond donors (Lipinski definition) is 2. The van der Waals surface area contributed by atoms with Crippen LogP contribution in [0.3, 0.4) is 0 Å². The molecule has 0 atom stereocenters. The first-order chi connectivity index (χ1) is 9.08. The number of amides is 1. The lowest BCUT2D eigenvalue weighted by atomic mass is 10.0. The van der Waals surface area contributed by atoms with Gasteiger partial charge in [-0.05, 0) is 36.4 Å². The van der Waals surface area contributed by atoms with Gasteiger partial charge in [0.25, 0.3) is 0 Å². The summed E-state index contributed by atoms with van der Waals surface area (Å²) >= 11 is 0. The zero-order valence-electron chi connectivity index (χ0n) is 10.4. The Labute approximate surface area is 110 Å². The number of nitrogens with one attached hydrogen (secondary N) is 1. The third-order valence-electron chi connectivity index (χ3n) is 2.61. The number of carbonyl (C=O) groups is 2. The molecule has 2 rings (SSSR count). The summed E-state index contributed by atoms with van der Waals surface area (Å²) in [5.41, 5.74) is 1.35. The molecule has 0 unspecified atom stereocenters. The van der Waals surface area contributed by atoms with Gasteiger partial charge < -0.3 is 10.4 Å². The van der Waals surface area contributed by atoms with E-state index in [1.165, 1.54) is 19.1 Å². The van der Waals surface area contributed by atoms with E-state index >= 15 is 0 Å². The minimum Gasteiger partial charge on any atom is -0.508 e. The lowest BCUT2D eigenvalue weighted by Crippen LogP contribution is -2.11. The van der Waals surface area contributed by atoms with E-state index in [1.54, 1.807) is 36.4 Å². The van der Waals surface area contributed by atoms with E-state index in [1.807, 2.05) is 0 Å². The Morgan fingerprint density at radius 3 is 2.26 bits per heavy atom. The van der Waals surface area contributed by atoms with Crippen molar-refractivity contribution in [2.24, 2.45) is 0 Å². The molecule has 0 bridgehead atoms. The number of carbonyl (C=O) groups excluding carboxylic acids is 2. The molecule has 0 aliphatic rings. The van der Waals surface area contributed by atoms with E-state index in [2.05, 4.69) is 5.32 Å². The summed E-state index contributed by atoms with van der Waals surface area (Å²) in [6.45, 7) is 1.39. The molecular weight excluding hydrogens is 242 g/mol. The van der Waals surface area contributed by atoms with Crippen LogP contribution < -0.4 is 5.32 Å². The third-order valence-corrected chi connectivity index (χ3v) is 2.61. The quantitative estimate of drug-likeness (QED) is 0.828. The Kier molecular flexibility index (Phi) is 3.61. The number of hydrogen-bond acceptors (Lipinski definition) is 3. The van der Waals surface area contributed by atoms with E-state index in [0.29, 0.717) is 16.8 Å². The van der Waals surface area contributed by atoms with Crippen molar-refractivity contribution in [1.29, 1.82) is 0 Å². The molecule has 0 aromatic heterocycles. The fourth-order valence-corrected chi connectivity index (χ4v) is 1.75. The van der Waals surface area contributed by atoms with Gasteiger partial charge in [0.15, 0.2) is 5.78 Å². The SMILES string of the molecule is CC(=O)Nc1ccccc1C(=O)c1ccc(O)cc1. The van der Waals surface area contributed by atoms with E-state index in [-0.39, 0.29) is 17.4 Å². The number of aromatic hydroxyl groups is 1. The number of phenolic OH excluding ortho intramolecular Hbond substituents is 1. The summed E-state index contributed by atoms with van der Waals surface area (Å²) in [4.78, 5) is 23.4. The molecule has 0 saturated heterocycles. The number of benzene rings is 2. The molecule has 2 aromatic rings. The van der Waals surface area contributed by atoms with Gasteiger partial charge in [-0.3, -0.25) is 9.59 Å². The average Bonchev–Trinajstić information content (AvgIpc) is 2.39. The highest BCUT2D eigenvalue weighted by molar-refractivity contribution is 6.13. The van der Waals surface area contributed by atoms with Crippen LogP contribution in [-0.2, 0) is 4.79 Å². The van der Waals surface area contributed by atoms with Crippen molar-refractivity contribution in [1.82, 2.24) is 0 Å². The second kappa shape index (κ2) is 5.35. The molecule has 0 radical (unpaired) electrons. The Bertz CT molecular complexity index is 618. The second-order valence-electron chi connectivity index (χ2n) is 4.10. The Balaban J connectivity index is 2.38. The molecule has 2 N–H and O–H groups in total. The normalized spacial score (nSPS) is 9.95. The predicted octanol–water partition coefficient (Wildman–Crippen LogP) is 2.58. The Hall–Kier alpha value is -2.62. The largest absolute Gasteiger partial charge is 0.508 e. The molecule has 0 heterocycles. The first-order valence-corrected chi connectivity index (χ1v) is 5.78. The second-order valence-corrected chi connectivity index (χ2v) is 4.10. The minimum absolute atomic E-state index is 0.103. The minimum atomic E-state index is -0.231. The standard InChI is InChI=1S/C15H13NO3/c1-10(17)16-14-5-3-2-4-13(14)15(19)11-6-8-12(18)9-7-11/h2-9,18H,1H3,(H,16,17). The van der Waals surface area contributed by atoms with Gasteiger partial charge >= 0.3 is 0 Å². The van der Waals surface area contributed by atoms with Gasteiger partial charge in [0.2, 0.25) is 5.91 Å². The fraction of sp³-hybridized carbons (Fsp3) is 0.0667. The first kappa shape index (κ1) is 12.8. The molecule has 4 heteroatoms.